The van der Waals surface area contributed by atoms with Crippen LogP contribution in [-0.2, 0) is 4.84 Å². The van der Waals surface area contributed by atoms with Crippen molar-refractivity contribution in [3.63, 3.8) is 0 Å². The van der Waals surface area contributed by atoms with Crippen molar-refractivity contribution in [1.29, 1.82) is 0 Å². The zero-order valence-corrected chi connectivity index (χ0v) is 10.6. The molecule has 0 aliphatic heterocycles. The first kappa shape index (κ1) is 13.1. The van der Waals surface area contributed by atoms with Crippen molar-refractivity contribution in [2.24, 2.45) is 5.16 Å². The smallest absolute Gasteiger partial charge is 0.161 e. The van der Waals surface area contributed by atoms with Crippen LogP contribution in [0.25, 0.3) is 6.08 Å². The fraction of sp³-hybridized carbons (Fsp3) is 0.308. The Morgan fingerprint density at radius 3 is 2.06 bits per heavy atom. The van der Waals surface area contributed by atoms with Gasteiger partial charge in [-0.2, -0.15) is 0 Å². The maximum Gasteiger partial charge on any atom is 0.161 e. The molecule has 0 unspecified atom stereocenters. The SMILES string of the molecule is C/C=C/c1cc(OC)c(OC)cc1/C=N/OC. The molecular weight excluding hydrogens is 218 g/mol. The lowest BCUT2D eigenvalue weighted by Crippen LogP contribution is -1.95. The summed E-state index contributed by atoms with van der Waals surface area (Å²) in [5, 5.41) is 3.76. The minimum absolute atomic E-state index is 0.665. The van der Waals surface area contributed by atoms with E-state index in [4.69, 9.17) is 9.47 Å². The summed E-state index contributed by atoms with van der Waals surface area (Å²) in [4.78, 5) is 4.68. The van der Waals surface area contributed by atoms with E-state index in [-0.39, 0.29) is 0 Å². The zero-order valence-electron chi connectivity index (χ0n) is 10.6. The Kier molecular flexibility index (Phi) is 5.07. The van der Waals surface area contributed by atoms with Crippen LogP contribution in [0, 0.1) is 0 Å². The normalized spacial score (nSPS) is 11.1. The molecule has 0 radical (unpaired) electrons. The Labute approximate surface area is 101 Å². The minimum atomic E-state index is 0.665. The summed E-state index contributed by atoms with van der Waals surface area (Å²) >= 11 is 0. The van der Waals surface area contributed by atoms with E-state index >= 15 is 0 Å². The Hall–Kier alpha value is -1.97. The molecule has 0 aromatic heterocycles. The first-order chi connectivity index (χ1) is 8.26. The van der Waals surface area contributed by atoms with Gasteiger partial charge in [-0.3, -0.25) is 0 Å². The second kappa shape index (κ2) is 6.58. The Morgan fingerprint density at radius 2 is 1.59 bits per heavy atom. The van der Waals surface area contributed by atoms with Crippen molar-refractivity contribution in [2.45, 2.75) is 6.92 Å². The molecule has 0 N–H and O–H groups in total. The number of hydrogen-bond donors (Lipinski definition) is 0. The topological polar surface area (TPSA) is 40.0 Å². The monoisotopic (exact) mass is 235 g/mol. The fourth-order valence-electron chi connectivity index (χ4n) is 1.46. The number of allylic oxidation sites excluding steroid dienone is 1. The van der Waals surface area contributed by atoms with Gasteiger partial charge in [-0.25, -0.2) is 0 Å². The van der Waals surface area contributed by atoms with Crippen molar-refractivity contribution in [2.75, 3.05) is 21.3 Å². The molecule has 0 heterocycles. The molecular formula is C13H17NO3. The lowest BCUT2D eigenvalue weighted by molar-refractivity contribution is 0.215. The van der Waals surface area contributed by atoms with Crippen molar-refractivity contribution in [3.8, 4) is 11.5 Å². The molecule has 0 bridgehead atoms. The largest absolute Gasteiger partial charge is 0.493 e. The van der Waals surface area contributed by atoms with Crippen LogP contribution < -0.4 is 9.47 Å². The standard InChI is InChI=1S/C13H17NO3/c1-5-6-10-7-12(15-2)13(16-3)8-11(10)9-14-17-4/h5-9H,1-4H3/b6-5+,14-9+. The molecule has 0 saturated heterocycles. The molecule has 92 valence electrons. The third-order valence-corrected chi connectivity index (χ3v) is 2.23. The van der Waals surface area contributed by atoms with E-state index in [0.717, 1.165) is 11.1 Å². The molecule has 0 saturated carbocycles. The van der Waals surface area contributed by atoms with Crippen LogP contribution in [0.5, 0.6) is 11.5 Å². The van der Waals surface area contributed by atoms with Gasteiger partial charge in [-0.15, -0.1) is 0 Å². The predicted molar refractivity (Wildman–Crippen MR) is 68.9 cm³/mol. The molecule has 1 aromatic carbocycles. The van der Waals surface area contributed by atoms with Crippen molar-refractivity contribution < 1.29 is 14.3 Å². The number of benzene rings is 1. The molecule has 0 amide bonds. The van der Waals surface area contributed by atoms with Gasteiger partial charge < -0.3 is 14.3 Å². The lowest BCUT2D eigenvalue weighted by atomic mass is 10.1. The highest BCUT2D eigenvalue weighted by Crippen LogP contribution is 2.30. The maximum atomic E-state index is 5.25. The van der Waals surface area contributed by atoms with Gasteiger partial charge in [0.05, 0.1) is 20.4 Å². The number of methoxy groups -OCH3 is 2. The third-order valence-electron chi connectivity index (χ3n) is 2.23. The summed E-state index contributed by atoms with van der Waals surface area (Å²) < 4.78 is 10.5. The highest BCUT2D eigenvalue weighted by atomic mass is 16.6. The number of ether oxygens (including phenoxy) is 2. The number of rotatable bonds is 5. The summed E-state index contributed by atoms with van der Waals surface area (Å²) in [7, 11) is 4.72. The highest BCUT2D eigenvalue weighted by Gasteiger charge is 2.08. The molecule has 4 heteroatoms. The molecule has 0 spiro atoms. The molecule has 17 heavy (non-hydrogen) atoms. The van der Waals surface area contributed by atoms with Gasteiger partial charge in [0.1, 0.15) is 7.11 Å². The summed E-state index contributed by atoms with van der Waals surface area (Å²) in [5.41, 5.74) is 1.90. The summed E-state index contributed by atoms with van der Waals surface area (Å²) in [5.74, 6) is 1.36. The first-order valence-electron chi connectivity index (χ1n) is 5.22. The Bertz CT molecular complexity index is 425. The van der Waals surface area contributed by atoms with Crippen molar-refractivity contribution >= 4 is 12.3 Å². The third kappa shape index (κ3) is 3.24. The van der Waals surface area contributed by atoms with Gasteiger partial charge in [0.25, 0.3) is 0 Å². The van der Waals surface area contributed by atoms with Crippen molar-refractivity contribution in [3.05, 3.63) is 29.3 Å². The molecule has 1 aromatic rings. The minimum Gasteiger partial charge on any atom is -0.493 e. The molecule has 0 fully saturated rings. The summed E-state index contributed by atoms with van der Waals surface area (Å²) in [6, 6.07) is 3.76. The Morgan fingerprint density at radius 1 is 1.00 bits per heavy atom. The molecule has 0 aliphatic rings. The van der Waals surface area contributed by atoms with Gasteiger partial charge >= 0.3 is 0 Å². The summed E-state index contributed by atoms with van der Waals surface area (Å²) in [6.07, 6.45) is 5.56. The quantitative estimate of drug-likeness (QED) is 0.582. The second-order valence-corrected chi connectivity index (χ2v) is 3.25. The fourth-order valence-corrected chi connectivity index (χ4v) is 1.46. The van der Waals surface area contributed by atoms with Crippen LogP contribution in [0.4, 0.5) is 0 Å². The van der Waals surface area contributed by atoms with Crippen LogP contribution in [0.15, 0.2) is 23.4 Å². The molecule has 0 atom stereocenters. The molecule has 1 rings (SSSR count). The van der Waals surface area contributed by atoms with Gasteiger partial charge in [0, 0.05) is 5.56 Å². The van der Waals surface area contributed by atoms with Gasteiger partial charge in [-0.1, -0.05) is 17.3 Å². The predicted octanol–water partition coefficient (Wildman–Crippen LogP) is 2.72. The van der Waals surface area contributed by atoms with Crippen LogP contribution in [0.3, 0.4) is 0 Å². The zero-order chi connectivity index (χ0) is 12.7. The molecule has 4 nitrogen and oxygen atoms in total. The van der Waals surface area contributed by atoms with Crippen LogP contribution in [0.1, 0.15) is 18.1 Å². The van der Waals surface area contributed by atoms with E-state index in [9.17, 15) is 0 Å². The lowest BCUT2D eigenvalue weighted by Gasteiger charge is -2.10. The average Bonchev–Trinajstić information content (AvgIpc) is 2.37. The Balaban J connectivity index is 3.29. The molecule has 0 aliphatic carbocycles. The number of oxime groups is 1. The highest BCUT2D eigenvalue weighted by molar-refractivity contribution is 5.86. The van der Waals surface area contributed by atoms with Gasteiger partial charge in [-0.05, 0) is 24.6 Å². The van der Waals surface area contributed by atoms with Gasteiger partial charge in [0.15, 0.2) is 11.5 Å². The first-order valence-corrected chi connectivity index (χ1v) is 5.22. The van der Waals surface area contributed by atoms with Crippen LogP contribution in [0.2, 0.25) is 0 Å². The van der Waals surface area contributed by atoms with Crippen molar-refractivity contribution in [1.82, 2.24) is 0 Å². The van der Waals surface area contributed by atoms with Gasteiger partial charge in [0.2, 0.25) is 0 Å². The number of hydrogen-bond acceptors (Lipinski definition) is 4. The second-order valence-electron chi connectivity index (χ2n) is 3.25. The van der Waals surface area contributed by atoms with E-state index in [1.807, 2.05) is 31.2 Å². The van der Waals surface area contributed by atoms with E-state index < -0.39 is 0 Å². The van der Waals surface area contributed by atoms with E-state index in [2.05, 4.69) is 9.99 Å². The van der Waals surface area contributed by atoms with E-state index in [1.165, 1.54) is 7.11 Å². The summed E-state index contributed by atoms with van der Waals surface area (Å²) in [6.45, 7) is 1.95. The maximum absolute atomic E-state index is 5.25. The van der Waals surface area contributed by atoms with E-state index in [0.29, 0.717) is 11.5 Å². The van der Waals surface area contributed by atoms with Crippen LogP contribution in [-0.4, -0.2) is 27.5 Å². The average molecular weight is 235 g/mol. The number of nitrogens with zero attached hydrogens (tertiary/aromatic N) is 1. The van der Waals surface area contributed by atoms with Crippen LogP contribution >= 0.6 is 0 Å². The van der Waals surface area contributed by atoms with E-state index in [1.54, 1.807) is 20.4 Å².